The Labute approximate surface area is 175 Å². The molecule has 0 atom stereocenters. The van der Waals surface area contributed by atoms with Crippen LogP contribution in [0, 0.1) is 0 Å². The highest BCUT2D eigenvalue weighted by atomic mass is 15.1. The van der Waals surface area contributed by atoms with Crippen molar-refractivity contribution in [2.75, 3.05) is 12.4 Å². The van der Waals surface area contributed by atoms with E-state index in [4.69, 9.17) is 0 Å². The Balaban J connectivity index is 2.01. The Bertz CT molecular complexity index is 993. The fourth-order valence-corrected chi connectivity index (χ4v) is 3.36. The molecule has 3 heteroatoms. The molecule has 0 unspecified atom stereocenters. The van der Waals surface area contributed by atoms with Gasteiger partial charge in [-0.05, 0) is 42.7 Å². The van der Waals surface area contributed by atoms with Gasteiger partial charge in [0.25, 0.3) is 0 Å². The minimum Gasteiger partial charge on any atom is -0.377 e. The van der Waals surface area contributed by atoms with Crippen molar-refractivity contribution in [1.29, 1.82) is 0 Å². The van der Waals surface area contributed by atoms with Gasteiger partial charge in [-0.25, -0.2) is 0 Å². The van der Waals surface area contributed by atoms with Crippen LogP contribution in [0.3, 0.4) is 0 Å². The average Bonchev–Trinajstić information content (AvgIpc) is 2.93. The van der Waals surface area contributed by atoms with E-state index in [-0.39, 0.29) is 5.41 Å². The maximum Gasteiger partial charge on any atom is 0.0430 e. The lowest BCUT2D eigenvalue weighted by atomic mass is 9.84. The zero-order valence-corrected chi connectivity index (χ0v) is 18.2. The third-order valence-electron chi connectivity index (χ3n) is 5.71. The molecular formula is C26H31N3. The molecule has 0 radical (unpaired) electrons. The minimum absolute atomic E-state index is 0.0548. The summed E-state index contributed by atoms with van der Waals surface area (Å²) in [5, 5.41) is 3.45. The number of hydrogen-bond donors (Lipinski definition) is 1. The van der Waals surface area contributed by atoms with E-state index in [1.165, 1.54) is 5.56 Å². The van der Waals surface area contributed by atoms with Crippen molar-refractivity contribution in [1.82, 2.24) is 9.88 Å². The lowest BCUT2D eigenvalue weighted by Crippen LogP contribution is -2.20. The normalized spacial score (nSPS) is 15.5. The quantitative estimate of drug-likeness (QED) is 0.584. The monoisotopic (exact) mass is 385 g/mol. The summed E-state index contributed by atoms with van der Waals surface area (Å²) in [6, 6.07) is 9.17. The fourth-order valence-electron chi connectivity index (χ4n) is 3.36. The summed E-state index contributed by atoms with van der Waals surface area (Å²) >= 11 is 0. The third kappa shape index (κ3) is 4.19. The molecule has 3 nitrogen and oxygen atoms in total. The van der Waals surface area contributed by atoms with Crippen molar-refractivity contribution in [3.8, 4) is 11.1 Å². The maximum atomic E-state index is 4.52. The largest absolute Gasteiger partial charge is 0.377 e. The van der Waals surface area contributed by atoms with Gasteiger partial charge < -0.3 is 10.2 Å². The second-order valence-electron chi connectivity index (χ2n) is 8.39. The summed E-state index contributed by atoms with van der Waals surface area (Å²) in [4.78, 5) is 6.72. The predicted octanol–water partition coefficient (Wildman–Crippen LogP) is 6.39. The molecule has 2 aromatic rings. The van der Waals surface area contributed by atoms with E-state index in [0.29, 0.717) is 6.04 Å². The van der Waals surface area contributed by atoms with E-state index in [9.17, 15) is 0 Å². The van der Waals surface area contributed by atoms with Crippen LogP contribution in [0.15, 0.2) is 79.9 Å². The molecule has 0 saturated heterocycles. The van der Waals surface area contributed by atoms with Gasteiger partial charge >= 0.3 is 0 Å². The first kappa shape index (κ1) is 20.7. The van der Waals surface area contributed by atoms with Crippen molar-refractivity contribution in [3.63, 3.8) is 0 Å². The van der Waals surface area contributed by atoms with E-state index >= 15 is 0 Å². The Morgan fingerprint density at radius 1 is 1.17 bits per heavy atom. The standard InChI is InChI=1S/C26H31N3/c1-8-9-10-21(17-29(7)18(2)3)23-13-22(15-27-16-23)20-11-12-24-25(14-20)28-19(4)26(24,5)6/h8-18,28H,1,4H2,2-3,5-7H3/b10-9-,21-17+. The SMILES string of the molecule is C=C/C=C\C(=C/N(C)C(C)C)c1cncc(-c2ccc3c(c2)NC(=C)C3(C)C)c1. The van der Waals surface area contributed by atoms with E-state index in [2.05, 4.69) is 99.6 Å². The van der Waals surface area contributed by atoms with Crippen molar-refractivity contribution in [2.45, 2.75) is 39.2 Å². The van der Waals surface area contributed by atoms with Crippen LogP contribution in [0.4, 0.5) is 5.69 Å². The first-order valence-electron chi connectivity index (χ1n) is 10.0. The van der Waals surface area contributed by atoms with Gasteiger partial charge in [0.2, 0.25) is 0 Å². The molecule has 0 saturated carbocycles. The van der Waals surface area contributed by atoms with Gasteiger partial charge in [0, 0.05) is 59.6 Å². The van der Waals surface area contributed by atoms with E-state index < -0.39 is 0 Å². The highest BCUT2D eigenvalue weighted by molar-refractivity contribution is 5.79. The molecular weight excluding hydrogens is 354 g/mol. The van der Waals surface area contributed by atoms with Gasteiger partial charge in [-0.1, -0.05) is 57.4 Å². The molecule has 2 heterocycles. The molecule has 3 rings (SSSR count). The first-order chi connectivity index (χ1) is 13.7. The van der Waals surface area contributed by atoms with E-state index in [0.717, 1.165) is 33.6 Å². The highest BCUT2D eigenvalue weighted by Crippen LogP contribution is 2.43. The number of pyridine rings is 1. The molecule has 1 aliphatic rings. The van der Waals surface area contributed by atoms with Gasteiger partial charge in [0.1, 0.15) is 0 Å². The number of rotatable bonds is 6. The van der Waals surface area contributed by atoms with Crippen LogP contribution in [0.5, 0.6) is 0 Å². The molecule has 0 fully saturated rings. The van der Waals surface area contributed by atoms with Gasteiger partial charge in [-0.15, -0.1) is 0 Å². The number of benzene rings is 1. The topological polar surface area (TPSA) is 28.2 Å². The second-order valence-corrected chi connectivity index (χ2v) is 8.39. The summed E-state index contributed by atoms with van der Waals surface area (Å²) in [5.74, 6) is 0. The number of fused-ring (bicyclic) bond motifs is 1. The van der Waals surface area contributed by atoms with Crippen LogP contribution >= 0.6 is 0 Å². The van der Waals surface area contributed by atoms with Crippen molar-refractivity contribution in [2.24, 2.45) is 0 Å². The maximum absolute atomic E-state index is 4.52. The summed E-state index contributed by atoms with van der Waals surface area (Å²) in [5.41, 5.74) is 7.80. The smallest absolute Gasteiger partial charge is 0.0430 e. The van der Waals surface area contributed by atoms with Crippen LogP contribution in [0.2, 0.25) is 0 Å². The Kier molecular flexibility index (Phi) is 5.78. The van der Waals surface area contributed by atoms with Crippen LogP contribution in [0.25, 0.3) is 16.7 Å². The number of aromatic nitrogens is 1. The van der Waals surface area contributed by atoms with Crippen LogP contribution in [0.1, 0.15) is 38.8 Å². The van der Waals surface area contributed by atoms with Gasteiger partial charge in [-0.3, -0.25) is 4.98 Å². The summed E-state index contributed by atoms with van der Waals surface area (Å²) in [6.45, 7) is 16.7. The molecule has 0 spiro atoms. The first-order valence-corrected chi connectivity index (χ1v) is 10.0. The van der Waals surface area contributed by atoms with Crippen molar-refractivity contribution >= 4 is 11.3 Å². The molecule has 150 valence electrons. The molecule has 1 aromatic heterocycles. The molecule has 1 aromatic carbocycles. The van der Waals surface area contributed by atoms with Gasteiger partial charge in [-0.2, -0.15) is 0 Å². The zero-order chi connectivity index (χ0) is 21.2. The van der Waals surface area contributed by atoms with Crippen molar-refractivity contribution < 1.29 is 0 Å². The molecule has 29 heavy (non-hydrogen) atoms. The number of hydrogen-bond acceptors (Lipinski definition) is 3. The Morgan fingerprint density at radius 2 is 1.93 bits per heavy atom. The zero-order valence-electron chi connectivity index (χ0n) is 18.2. The van der Waals surface area contributed by atoms with Crippen LogP contribution in [-0.4, -0.2) is 23.0 Å². The van der Waals surface area contributed by atoms with Crippen LogP contribution in [-0.2, 0) is 5.41 Å². The minimum atomic E-state index is -0.0548. The second kappa shape index (κ2) is 8.12. The third-order valence-corrected chi connectivity index (χ3v) is 5.71. The number of allylic oxidation sites excluding steroid dienone is 5. The average molecular weight is 386 g/mol. The molecule has 1 aliphatic heterocycles. The summed E-state index contributed by atoms with van der Waals surface area (Å²) < 4.78 is 0. The van der Waals surface area contributed by atoms with E-state index in [1.54, 1.807) is 6.08 Å². The number of anilines is 1. The van der Waals surface area contributed by atoms with Gasteiger partial charge in [0.05, 0.1) is 0 Å². The summed E-state index contributed by atoms with van der Waals surface area (Å²) in [6.07, 6.45) is 11.8. The number of nitrogens with zero attached hydrogens (tertiary/aromatic N) is 2. The lowest BCUT2D eigenvalue weighted by Gasteiger charge is -2.20. The predicted molar refractivity (Wildman–Crippen MR) is 126 cm³/mol. The Morgan fingerprint density at radius 3 is 2.62 bits per heavy atom. The van der Waals surface area contributed by atoms with Crippen LogP contribution < -0.4 is 5.32 Å². The highest BCUT2D eigenvalue weighted by Gasteiger charge is 2.33. The molecule has 0 aliphatic carbocycles. The number of nitrogens with one attached hydrogen (secondary N) is 1. The molecule has 0 bridgehead atoms. The Hall–Kier alpha value is -3.07. The van der Waals surface area contributed by atoms with Gasteiger partial charge in [0.15, 0.2) is 0 Å². The lowest BCUT2D eigenvalue weighted by molar-refractivity contribution is 0.377. The molecule has 0 amide bonds. The summed E-state index contributed by atoms with van der Waals surface area (Å²) in [7, 11) is 2.09. The van der Waals surface area contributed by atoms with E-state index in [1.807, 2.05) is 18.5 Å². The molecule has 1 N–H and O–H groups in total. The fraction of sp³-hybridized carbons (Fsp3) is 0.269. The van der Waals surface area contributed by atoms with Crippen molar-refractivity contribution in [3.05, 3.63) is 91.1 Å².